The van der Waals surface area contributed by atoms with Gasteiger partial charge in [-0.3, -0.25) is 39.4 Å². The van der Waals surface area contributed by atoms with E-state index < -0.39 is 45.1 Å². The summed E-state index contributed by atoms with van der Waals surface area (Å²) in [6.45, 7) is 1.22. The van der Waals surface area contributed by atoms with Crippen LogP contribution >= 0.6 is 31.9 Å². The third kappa shape index (κ3) is 7.57. The van der Waals surface area contributed by atoms with Gasteiger partial charge in [0.2, 0.25) is 0 Å². The van der Waals surface area contributed by atoms with Crippen LogP contribution in [-0.2, 0) is 43.5 Å². The van der Waals surface area contributed by atoms with Crippen molar-refractivity contribution in [2.75, 3.05) is 28.4 Å². The fraction of sp³-hybridized carbons (Fsp3) is 0.304. The summed E-state index contributed by atoms with van der Waals surface area (Å²) in [6.07, 6.45) is 0. The number of ether oxygens (including phenoxy) is 4. The summed E-state index contributed by atoms with van der Waals surface area (Å²) in [5.41, 5.74) is -2.82. The van der Waals surface area contributed by atoms with Crippen LogP contribution in [0.4, 0.5) is 11.4 Å². The number of nitro benzene ring substituents is 2. The number of nitrogens with zero attached hydrogens (tertiary/aromatic N) is 2. The van der Waals surface area contributed by atoms with E-state index in [1.165, 1.54) is 43.3 Å². The van der Waals surface area contributed by atoms with E-state index in [1.54, 1.807) is 0 Å². The molecule has 2 aromatic rings. The van der Waals surface area contributed by atoms with E-state index in [1.807, 2.05) is 0 Å². The number of esters is 4. The zero-order valence-corrected chi connectivity index (χ0v) is 24.3. The number of benzene rings is 2. The Balaban J connectivity index is 0.000000391. The lowest BCUT2D eigenvalue weighted by molar-refractivity contribution is -0.386. The summed E-state index contributed by atoms with van der Waals surface area (Å²) in [4.78, 5) is 67.8. The van der Waals surface area contributed by atoms with Crippen LogP contribution in [0, 0.1) is 20.2 Å². The largest absolute Gasteiger partial charge is 0.468 e. The van der Waals surface area contributed by atoms with Crippen molar-refractivity contribution < 1.29 is 48.0 Å². The molecule has 14 nitrogen and oxygen atoms in total. The fourth-order valence-corrected chi connectivity index (χ4v) is 3.99. The highest BCUT2D eigenvalue weighted by atomic mass is 79.9. The van der Waals surface area contributed by atoms with Crippen molar-refractivity contribution in [3.63, 3.8) is 0 Å². The van der Waals surface area contributed by atoms with Gasteiger partial charge in [-0.15, -0.1) is 0 Å². The van der Waals surface area contributed by atoms with Crippen LogP contribution in [0.25, 0.3) is 0 Å². The standard InChI is InChI=1S/C12H12BrNO6.C11H10BrNO6/c1-12(10(15)19-2,11(16)20-3)8-5-4-7(13)6-9(8)14(17)18;1-18-10(14)9(11(15)19-2)7-4-3-6(12)5-8(7)13(16)17/h4-6H,1-3H3;3-5,9H,1-2H3. The van der Waals surface area contributed by atoms with Gasteiger partial charge in [-0.1, -0.05) is 31.9 Å². The number of methoxy groups -OCH3 is 4. The summed E-state index contributed by atoms with van der Waals surface area (Å²) < 4.78 is 19.0. The highest BCUT2D eigenvalue weighted by molar-refractivity contribution is 9.10. The highest BCUT2D eigenvalue weighted by Crippen LogP contribution is 2.36. The Morgan fingerprint density at radius 3 is 1.54 bits per heavy atom. The third-order valence-electron chi connectivity index (χ3n) is 5.26. The van der Waals surface area contributed by atoms with Gasteiger partial charge in [-0.2, -0.15) is 0 Å². The fourth-order valence-electron chi connectivity index (χ4n) is 3.30. The van der Waals surface area contributed by atoms with Crippen molar-refractivity contribution >= 4 is 67.1 Å². The number of nitro groups is 2. The summed E-state index contributed by atoms with van der Waals surface area (Å²) >= 11 is 6.19. The molecule has 0 aliphatic heterocycles. The van der Waals surface area contributed by atoms with E-state index >= 15 is 0 Å². The van der Waals surface area contributed by atoms with Gasteiger partial charge in [-0.05, 0) is 31.2 Å². The van der Waals surface area contributed by atoms with Gasteiger partial charge in [0.25, 0.3) is 11.4 Å². The Hall–Kier alpha value is -3.92. The molecule has 16 heteroatoms. The molecule has 0 bridgehead atoms. The highest BCUT2D eigenvalue weighted by Gasteiger charge is 2.49. The van der Waals surface area contributed by atoms with Crippen molar-refractivity contribution in [1.82, 2.24) is 0 Å². The minimum absolute atomic E-state index is 0.0769. The molecule has 0 fully saturated rings. The predicted octanol–water partition coefficient (Wildman–Crippen LogP) is 3.75. The Morgan fingerprint density at radius 1 is 0.744 bits per heavy atom. The zero-order valence-electron chi connectivity index (χ0n) is 21.1. The lowest BCUT2D eigenvalue weighted by atomic mass is 9.81. The quantitative estimate of drug-likeness (QED) is 0.129. The molecule has 0 amide bonds. The Bertz CT molecular complexity index is 1270. The Morgan fingerprint density at radius 2 is 1.15 bits per heavy atom. The number of carbonyl (C=O) groups is 4. The minimum Gasteiger partial charge on any atom is -0.468 e. The molecule has 2 rings (SSSR count). The van der Waals surface area contributed by atoms with Crippen molar-refractivity contribution in [3.8, 4) is 0 Å². The molecule has 0 saturated heterocycles. The zero-order chi connectivity index (χ0) is 30.1. The summed E-state index contributed by atoms with van der Waals surface area (Å²) in [7, 11) is 4.36. The molecule has 210 valence electrons. The molecule has 0 radical (unpaired) electrons. The maximum absolute atomic E-state index is 11.9. The SMILES string of the molecule is COC(=O)C(C(=O)OC)c1ccc(Br)cc1[N+](=O)[O-].COC(=O)C(C)(C(=O)OC)c1ccc(Br)cc1[N+](=O)[O-]. The number of carbonyl (C=O) groups excluding carboxylic acids is 4. The molecular weight excluding hydrogens is 656 g/mol. The second-order valence-corrected chi connectivity index (χ2v) is 9.30. The van der Waals surface area contributed by atoms with Gasteiger partial charge < -0.3 is 18.9 Å². The first-order valence-electron chi connectivity index (χ1n) is 10.4. The number of hydrogen-bond acceptors (Lipinski definition) is 12. The first-order chi connectivity index (χ1) is 18.2. The van der Waals surface area contributed by atoms with E-state index in [0.717, 1.165) is 28.4 Å². The lowest BCUT2D eigenvalue weighted by Crippen LogP contribution is -2.43. The average Bonchev–Trinajstić information content (AvgIpc) is 2.92. The molecule has 0 aliphatic carbocycles. The maximum Gasteiger partial charge on any atom is 0.327 e. The van der Waals surface area contributed by atoms with Crippen LogP contribution in [0.2, 0.25) is 0 Å². The van der Waals surface area contributed by atoms with Crippen molar-refractivity contribution in [3.05, 3.63) is 76.7 Å². The number of halogens is 2. The van der Waals surface area contributed by atoms with Crippen LogP contribution in [0.3, 0.4) is 0 Å². The van der Waals surface area contributed by atoms with E-state index in [0.29, 0.717) is 8.95 Å². The van der Waals surface area contributed by atoms with E-state index in [-0.39, 0.29) is 22.5 Å². The number of rotatable bonds is 8. The van der Waals surface area contributed by atoms with Crippen LogP contribution in [0.15, 0.2) is 45.3 Å². The van der Waals surface area contributed by atoms with Gasteiger partial charge in [0.15, 0.2) is 11.3 Å². The molecule has 0 aromatic heterocycles. The molecule has 0 N–H and O–H groups in total. The Kier molecular flexibility index (Phi) is 12.1. The topological polar surface area (TPSA) is 191 Å². The van der Waals surface area contributed by atoms with Gasteiger partial charge in [0.05, 0.1) is 49.4 Å². The first-order valence-corrected chi connectivity index (χ1v) is 12.0. The lowest BCUT2D eigenvalue weighted by Gasteiger charge is -2.23. The molecule has 0 heterocycles. The van der Waals surface area contributed by atoms with Crippen LogP contribution in [-0.4, -0.2) is 62.2 Å². The normalized spacial score (nSPS) is 10.5. The third-order valence-corrected chi connectivity index (χ3v) is 6.24. The number of hydrogen-bond donors (Lipinski definition) is 0. The predicted molar refractivity (Wildman–Crippen MR) is 140 cm³/mol. The average molecular weight is 678 g/mol. The minimum atomic E-state index is -1.91. The smallest absolute Gasteiger partial charge is 0.327 e. The molecular formula is C23H22Br2N2O12. The maximum atomic E-state index is 11.9. The molecule has 0 atom stereocenters. The van der Waals surface area contributed by atoms with Gasteiger partial charge in [0.1, 0.15) is 0 Å². The van der Waals surface area contributed by atoms with E-state index in [9.17, 15) is 39.4 Å². The van der Waals surface area contributed by atoms with E-state index in [4.69, 9.17) is 0 Å². The molecule has 0 saturated carbocycles. The molecule has 39 heavy (non-hydrogen) atoms. The summed E-state index contributed by atoms with van der Waals surface area (Å²) in [6, 6.07) is 8.01. The van der Waals surface area contributed by atoms with Crippen LogP contribution < -0.4 is 0 Å². The van der Waals surface area contributed by atoms with Crippen molar-refractivity contribution in [2.45, 2.75) is 18.3 Å². The second kappa shape index (κ2) is 14.3. The van der Waals surface area contributed by atoms with Crippen LogP contribution in [0.5, 0.6) is 0 Å². The molecule has 0 spiro atoms. The van der Waals surface area contributed by atoms with E-state index in [2.05, 4.69) is 50.8 Å². The molecule has 2 aromatic carbocycles. The summed E-state index contributed by atoms with van der Waals surface area (Å²) in [5, 5.41) is 22.1. The second-order valence-electron chi connectivity index (χ2n) is 7.47. The van der Waals surface area contributed by atoms with Gasteiger partial charge in [0, 0.05) is 21.1 Å². The van der Waals surface area contributed by atoms with Gasteiger partial charge in [-0.25, -0.2) is 0 Å². The van der Waals surface area contributed by atoms with Crippen molar-refractivity contribution in [1.29, 1.82) is 0 Å². The summed E-state index contributed by atoms with van der Waals surface area (Å²) in [5.74, 6) is -5.19. The Labute approximate surface area is 238 Å². The molecule has 0 aliphatic rings. The van der Waals surface area contributed by atoms with Crippen LogP contribution in [0.1, 0.15) is 24.0 Å². The van der Waals surface area contributed by atoms with Crippen molar-refractivity contribution in [2.24, 2.45) is 0 Å². The van der Waals surface area contributed by atoms with Gasteiger partial charge >= 0.3 is 23.9 Å². The monoisotopic (exact) mass is 676 g/mol. The molecule has 0 unspecified atom stereocenters. The first kappa shape index (κ1) is 33.1.